The first-order chi connectivity index (χ1) is 15.7. The molecule has 0 bridgehead atoms. The molecule has 0 spiro atoms. The second-order valence-electron chi connectivity index (χ2n) is 6.88. The van der Waals surface area contributed by atoms with Gasteiger partial charge in [0, 0.05) is 23.8 Å². The fourth-order valence-electron chi connectivity index (χ4n) is 3.09. The van der Waals surface area contributed by atoms with E-state index >= 15 is 0 Å². The first-order valence-corrected chi connectivity index (χ1v) is 10.5. The summed E-state index contributed by atoms with van der Waals surface area (Å²) in [7, 11) is 0. The number of hydrogen-bond acceptors (Lipinski definition) is 8. The monoisotopic (exact) mass is 483 g/mol. The molecule has 1 fully saturated rings. The number of nitro groups is 1. The van der Waals surface area contributed by atoms with E-state index in [0.29, 0.717) is 11.1 Å². The van der Waals surface area contributed by atoms with Gasteiger partial charge in [-0.15, -0.1) is 0 Å². The Kier molecular flexibility index (Phi) is 6.03. The molecule has 0 aliphatic carbocycles. The largest absolute Gasteiger partial charge is 0.545 e. The van der Waals surface area contributed by atoms with E-state index in [1.165, 1.54) is 48.5 Å². The summed E-state index contributed by atoms with van der Waals surface area (Å²) in [5.41, 5.74) is 0.738. The van der Waals surface area contributed by atoms with Crippen molar-refractivity contribution in [3.05, 3.63) is 91.5 Å². The van der Waals surface area contributed by atoms with Gasteiger partial charge in [-0.3, -0.25) is 24.6 Å². The Labute approximate surface area is 195 Å². The van der Waals surface area contributed by atoms with Crippen LogP contribution < -0.4 is 5.11 Å². The predicted molar refractivity (Wildman–Crippen MR) is 118 cm³/mol. The second kappa shape index (κ2) is 8.93. The number of benzene rings is 2. The van der Waals surface area contributed by atoms with Crippen LogP contribution in [0.25, 0.3) is 17.4 Å². The second-order valence-corrected chi connectivity index (χ2v) is 8.28. The SMILES string of the molecule is O=C([O-])c1ccc(Cl)c(-c2ccc(/C=C3/SC(=O)N(Cc4ccc([N+](=O)[O-])cc4)C3=O)o2)c1. The lowest BCUT2D eigenvalue weighted by Gasteiger charge is -2.12. The van der Waals surface area contributed by atoms with E-state index in [9.17, 15) is 29.6 Å². The van der Waals surface area contributed by atoms with Crippen molar-refractivity contribution in [3.63, 3.8) is 0 Å². The van der Waals surface area contributed by atoms with Crippen molar-refractivity contribution in [1.29, 1.82) is 0 Å². The zero-order chi connectivity index (χ0) is 23.7. The number of nitrogens with zero attached hydrogens (tertiary/aromatic N) is 2. The maximum Gasteiger partial charge on any atom is 0.293 e. The van der Waals surface area contributed by atoms with E-state index in [1.54, 1.807) is 12.1 Å². The molecule has 0 saturated carbocycles. The summed E-state index contributed by atoms with van der Waals surface area (Å²) < 4.78 is 5.69. The molecular formula is C22H12ClN2O7S-. The highest BCUT2D eigenvalue weighted by Crippen LogP contribution is 2.35. The zero-order valence-corrected chi connectivity index (χ0v) is 18.1. The maximum absolute atomic E-state index is 12.7. The van der Waals surface area contributed by atoms with Crippen LogP contribution >= 0.6 is 23.4 Å². The number of imide groups is 1. The van der Waals surface area contributed by atoms with E-state index in [0.717, 1.165) is 16.7 Å². The number of carboxylic acid groups (broad SMARTS) is 1. The summed E-state index contributed by atoms with van der Waals surface area (Å²) in [6.45, 7) is -0.0327. The molecule has 2 aromatic carbocycles. The van der Waals surface area contributed by atoms with E-state index < -0.39 is 22.0 Å². The Hall–Kier alpha value is -3.89. The molecule has 1 aliphatic rings. The molecular weight excluding hydrogens is 472 g/mol. The molecule has 0 radical (unpaired) electrons. The molecule has 1 aromatic heterocycles. The lowest BCUT2D eigenvalue weighted by atomic mass is 10.1. The van der Waals surface area contributed by atoms with Gasteiger partial charge in [0.2, 0.25) is 0 Å². The van der Waals surface area contributed by atoms with E-state index in [2.05, 4.69) is 0 Å². The summed E-state index contributed by atoms with van der Waals surface area (Å²) in [5.74, 6) is -1.35. The van der Waals surface area contributed by atoms with Crippen LogP contribution in [0.3, 0.4) is 0 Å². The van der Waals surface area contributed by atoms with Crippen LogP contribution in [0, 0.1) is 10.1 Å². The van der Waals surface area contributed by atoms with Gasteiger partial charge >= 0.3 is 0 Å². The first-order valence-electron chi connectivity index (χ1n) is 9.33. The highest BCUT2D eigenvalue weighted by molar-refractivity contribution is 8.18. The molecule has 0 N–H and O–H groups in total. The topological polar surface area (TPSA) is 134 Å². The van der Waals surface area contributed by atoms with E-state index in [1.807, 2.05) is 0 Å². The third-order valence-corrected chi connectivity index (χ3v) is 5.97. The maximum atomic E-state index is 12.7. The smallest absolute Gasteiger partial charge is 0.293 e. The number of non-ortho nitro benzene ring substituents is 1. The number of carboxylic acids is 1. The minimum Gasteiger partial charge on any atom is -0.545 e. The Bertz CT molecular complexity index is 1330. The van der Waals surface area contributed by atoms with Crippen molar-refractivity contribution in [2.75, 3.05) is 0 Å². The van der Waals surface area contributed by atoms with Crippen LogP contribution in [0.2, 0.25) is 5.02 Å². The van der Waals surface area contributed by atoms with Crippen molar-refractivity contribution in [2.24, 2.45) is 0 Å². The number of furan rings is 1. The van der Waals surface area contributed by atoms with Crippen LogP contribution in [-0.4, -0.2) is 26.9 Å². The number of amides is 2. The lowest BCUT2D eigenvalue weighted by molar-refractivity contribution is -0.384. The fraction of sp³-hybridized carbons (Fsp3) is 0.0455. The number of nitro benzene ring substituents is 1. The highest BCUT2D eigenvalue weighted by Gasteiger charge is 2.35. The number of halogens is 1. The van der Waals surface area contributed by atoms with Crippen LogP contribution in [0.15, 0.2) is 63.9 Å². The molecule has 1 aliphatic heterocycles. The normalized spacial score (nSPS) is 14.8. The van der Waals surface area contributed by atoms with Crippen LogP contribution in [-0.2, 0) is 11.3 Å². The van der Waals surface area contributed by atoms with Gasteiger partial charge in [-0.2, -0.15) is 0 Å². The average Bonchev–Trinajstić information content (AvgIpc) is 3.34. The van der Waals surface area contributed by atoms with Gasteiger partial charge in [0.15, 0.2) is 0 Å². The quantitative estimate of drug-likeness (QED) is 0.290. The third-order valence-electron chi connectivity index (χ3n) is 4.73. The van der Waals surface area contributed by atoms with Crippen molar-refractivity contribution < 1.29 is 28.8 Å². The lowest BCUT2D eigenvalue weighted by Crippen LogP contribution is -2.27. The van der Waals surface area contributed by atoms with Crippen LogP contribution in [0.1, 0.15) is 21.7 Å². The summed E-state index contributed by atoms with van der Waals surface area (Å²) in [6, 6.07) is 12.7. The minimum atomic E-state index is -1.36. The van der Waals surface area contributed by atoms with Gasteiger partial charge < -0.3 is 14.3 Å². The van der Waals surface area contributed by atoms with Gasteiger partial charge in [-0.05, 0) is 47.2 Å². The zero-order valence-electron chi connectivity index (χ0n) is 16.5. The number of carbonyl (C=O) groups excluding carboxylic acids is 3. The van der Waals surface area contributed by atoms with Crippen molar-refractivity contribution in [3.8, 4) is 11.3 Å². The van der Waals surface area contributed by atoms with E-state index in [-0.39, 0.29) is 39.2 Å². The Balaban J connectivity index is 1.54. The first kappa shape index (κ1) is 22.3. The standard InChI is InChI=1S/C22H13ClN2O7S/c23-17-7-3-13(21(27)28)9-16(17)18-8-6-15(32-18)10-19-20(26)24(22(29)33-19)11-12-1-4-14(5-2-12)25(30)31/h1-10H,11H2,(H,27,28)/p-1/b19-10+. The molecule has 0 unspecified atom stereocenters. The molecule has 0 atom stereocenters. The van der Waals surface area contributed by atoms with Gasteiger partial charge in [-0.25, -0.2) is 0 Å². The Morgan fingerprint density at radius 3 is 2.52 bits per heavy atom. The Morgan fingerprint density at radius 1 is 1.12 bits per heavy atom. The molecule has 9 nitrogen and oxygen atoms in total. The van der Waals surface area contributed by atoms with Gasteiger partial charge in [0.25, 0.3) is 16.8 Å². The van der Waals surface area contributed by atoms with Crippen molar-refractivity contribution in [2.45, 2.75) is 6.54 Å². The van der Waals surface area contributed by atoms with Crippen molar-refractivity contribution >= 4 is 52.2 Å². The summed E-state index contributed by atoms with van der Waals surface area (Å²) >= 11 is 6.88. The molecule has 1 saturated heterocycles. The number of hydrogen-bond donors (Lipinski definition) is 0. The molecule has 3 aromatic rings. The number of rotatable bonds is 6. The summed E-state index contributed by atoms with van der Waals surface area (Å²) in [5, 5.41) is 21.7. The molecule has 33 heavy (non-hydrogen) atoms. The number of thioether (sulfide) groups is 1. The molecule has 11 heteroatoms. The average molecular weight is 484 g/mol. The van der Waals surface area contributed by atoms with Gasteiger partial charge in [-0.1, -0.05) is 29.8 Å². The van der Waals surface area contributed by atoms with Crippen LogP contribution in [0.5, 0.6) is 0 Å². The summed E-state index contributed by atoms with van der Waals surface area (Å²) in [4.78, 5) is 47.6. The number of carbonyl (C=O) groups is 3. The highest BCUT2D eigenvalue weighted by atomic mass is 35.5. The molecule has 2 heterocycles. The van der Waals surface area contributed by atoms with Crippen molar-refractivity contribution in [1.82, 2.24) is 4.90 Å². The van der Waals surface area contributed by atoms with Gasteiger partial charge in [0.05, 0.1) is 27.4 Å². The summed E-state index contributed by atoms with van der Waals surface area (Å²) in [6.07, 6.45) is 1.40. The molecule has 166 valence electrons. The number of aromatic carboxylic acids is 1. The van der Waals surface area contributed by atoms with E-state index in [4.69, 9.17) is 16.0 Å². The Morgan fingerprint density at radius 2 is 1.85 bits per heavy atom. The predicted octanol–water partition coefficient (Wildman–Crippen LogP) is 4.11. The fourth-order valence-corrected chi connectivity index (χ4v) is 4.12. The minimum absolute atomic E-state index is 0.0327. The third kappa shape index (κ3) is 4.66. The van der Waals surface area contributed by atoms with Gasteiger partial charge in [0.1, 0.15) is 11.5 Å². The molecule has 4 rings (SSSR count). The van der Waals surface area contributed by atoms with Crippen LogP contribution in [0.4, 0.5) is 10.5 Å². The molecule has 2 amide bonds.